The molecule has 1 saturated carbocycles. The van der Waals surface area contributed by atoms with Crippen LogP contribution >= 0.6 is 11.3 Å². The Kier molecular flexibility index (Phi) is 6.44. The monoisotopic (exact) mass is 519 g/mol. The molecule has 0 atom stereocenters. The molecule has 1 saturated heterocycles. The van der Waals surface area contributed by atoms with Gasteiger partial charge in [-0.05, 0) is 60.9 Å². The Morgan fingerprint density at radius 2 is 1.65 bits per heavy atom. The van der Waals surface area contributed by atoms with Crippen LogP contribution in [0.4, 0.5) is 0 Å². The fourth-order valence-electron chi connectivity index (χ4n) is 5.87. The summed E-state index contributed by atoms with van der Waals surface area (Å²) in [5, 5.41) is 2.07. The van der Waals surface area contributed by atoms with Crippen molar-refractivity contribution in [1.29, 1.82) is 0 Å². The van der Waals surface area contributed by atoms with Crippen LogP contribution in [0.3, 0.4) is 0 Å². The van der Waals surface area contributed by atoms with Crippen molar-refractivity contribution in [2.45, 2.75) is 38.6 Å². The van der Waals surface area contributed by atoms with Gasteiger partial charge in [0.05, 0.1) is 19.9 Å². The average molecular weight is 520 g/mol. The second kappa shape index (κ2) is 9.89. The van der Waals surface area contributed by atoms with Crippen molar-refractivity contribution in [3.8, 4) is 33.2 Å². The highest BCUT2D eigenvalue weighted by Gasteiger charge is 2.33. The van der Waals surface area contributed by atoms with Gasteiger partial charge in [-0.1, -0.05) is 12.5 Å². The molecule has 0 spiro atoms. The van der Waals surface area contributed by atoms with Gasteiger partial charge in [-0.15, -0.1) is 11.3 Å². The third-order valence-electron chi connectivity index (χ3n) is 8.12. The molecule has 2 aliphatic heterocycles. The molecule has 3 aromatic rings. The molecule has 4 heterocycles. The molecule has 1 aromatic carbocycles. The van der Waals surface area contributed by atoms with Gasteiger partial charge in [0.2, 0.25) is 5.91 Å². The van der Waals surface area contributed by atoms with Crippen LogP contribution in [0.1, 0.15) is 41.7 Å². The Morgan fingerprint density at radius 1 is 0.892 bits per heavy atom. The van der Waals surface area contributed by atoms with Crippen LogP contribution in [-0.4, -0.2) is 66.6 Å². The lowest BCUT2D eigenvalue weighted by molar-refractivity contribution is -0.138. The number of carbonyl (C=O) groups excluding carboxylic acids is 2. The number of rotatable bonds is 5. The fourth-order valence-corrected chi connectivity index (χ4v) is 6.61. The van der Waals surface area contributed by atoms with E-state index in [4.69, 9.17) is 9.47 Å². The Hall–Kier alpha value is -3.26. The summed E-state index contributed by atoms with van der Waals surface area (Å²) >= 11 is 1.68. The zero-order chi connectivity index (χ0) is 25.5. The van der Waals surface area contributed by atoms with E-state index in [2.05, 4.69) is 28.1 Å². The van der Waals surface area contributed by atoms with Gasteiger partial charge in [-0.3, -0.25) is 9.59 Å². The minimum absolute atomic E-state index is 0.0472. The summed E-state index contributed by atoms with van der Waals surface area (Å²) in [5.41, 5.74) is 5.13. The number of thiophene rings is 1. The van der Waals surface area contributed by atoms with Crippen LogP contribution in [0, 0.1) is 5.92 Å². The molecular weight excluding hydrogens is 486 g/mol. The summed E-state index contributed by atoms with van der Waals surface area (Å²) in [6.07, 6.45) is 4.80. The molecule has 3 aliphatic rings. The molecule has 2 aromatic heterocycles. The van der Waals surface area contributed by atoms with Gasteiger partial charge in [-0.25, -0.2) is 0 Å². The summed E-state index contributed by atoms with van der Waals surface area (Å²) in [6.45, 7) is 3.33. The van der Waals surface area contributed by atoms with E-state index in [1.54, 1.807) is 25.6 Å². The highest BCUT2D eigenvalue weighted by molar-refractivity contribution is 7.13. The number of aryl methyl sites for hydroxylation is 1. The van der Waals surface area contributed by atoms with Gasteiger partial charge >= 0.3 is 0 Å². The Balaban J connectivity index is 1.35. The van der Waals surface area contributed by atoms with E-state index in [1.807, 2.05) is 21.9 Å². The number of fused-ring (bicyclic) bond motifs is 3. The van der Waals surface area contributed by atoms with E-state index < -0.39 is 0 Å². The number of hydrogen-bond acceptors (Lipinski definition) is 5. The maximum atomic E-state index is 14.0. The molecule has 2 fully saturated rings. The second-order valence-corrected chi connectivity index (χ2v) is 11.1. The van der Waals surface area contributed by atoms with E-state index in [0.29, 0.717) is 25.4 Å². The van der Waals surface area contributed by atoms with Gasteiger partial charge < -0.3 is 23.8 Å². The Labute approximate surface area is 221 Å². The lowest BCUT2D eigenvalue weighted by atomic mass is 9.84. The molecule has 37 heavy (non-hydrogen) atoms. The first-order valence-electron chi connectivity index (χ1n) is 13.2. The van der Waals surface area contributed by atoms with Crippen molar-refractivity contribution >= 4 is 23.2 Å². The lowest BCUT2D eigenvalue weighted by Crippen LogP contribution is -2.42. The maximum Gasteiger partial charge on any atom is 0.270 e. The summed E-state index contributed by atoms with van der Waals surface area (Å²) in [4.78, 5) is 31.9. The maximum absolute atomic E-state index is 14.0. The van der Waals surface area contributed by atoms with Gasteiger partial charge in [0.1, 0.15) is 5.69 Å². The fraction of sp³-hybridized carbons (Fsp3) is 0.448. The van der Waals surface area contributed by atoms with Crippen LogP contribution in [0.2, 0.25) is 0 Å². The minimum Gasteiger partial charge on any atom is -0.493 e. The Morgan fingerprint density at radius 3 is 2.35 bits per heavy atom. The van der Waals surface area contributed by atoms with Crippen molar-refractivity contribution in [3.05, 3.63) is 47.0 Å². The molecule has 0 unspecified atom stereocenters. The number of methoxy groups -OCH3 is 2. The van der Waals surface area contributed by atoms with Gasteiger partial charge in [-0.2, -0.15) is 0 Å². The van der Waals surface area contributed by atoms with E-state index >= 15 is 0 Å². The number of carbonyl (C=O) groups is 2. The molecule has 0 radical (unpaired) electrons. The van der Waals surface area contributed by atoms with E-state index in [1.165, 1.54) is 5.56 Å². The first-order valence-corrected chi connectivity index (χ1v) is 14.1. The topological polar surface area (TPSA) is 64.0 Å². The first kappa shape index (κ1) is 24.1. The largest absolute Gasteiger partial charge is 0.493 e. The molecule has 8 heteroatoms. The predicted molar refractivity (Wildman–Crippen MR) is 144 cm³/mol. The van der Waals surface area contributed by atoms with Crippen LogP contribution in [0.5, 0.6) is 11.5 Å². The molecule has 2 amide bonds. The standard InChI is InChI=1S/C29H33N3O4S/c1-35-24-16-20-9-12-32-23(17-22(26-8-4-15-37-26)27(32)21(20)18-25(24)36-2)29(34)31-11-5-10-30(13-14-31)28(33)19-6-3-7-19/h4,8,15-19H,3,5-7,9-14H2,1-2H3. The number of ether oxygens (including phenoxy) is 2. The SMILES string of the molecule is COc1cc2c(cc1OC)-c1c(-c3cccs3)cc(C(=O)N3CCCN(C(=O)C4CCC4)CC3)n1CC2. The third kappa shape index (κ3) is 4.21. The Bertz CT molecular complexity index is 1330. The van der Waals surface area contributed by atoms with Gasteiger partial charge in [0.25, 0.3) is 5.91 Å². The van der Waals surface area contributed by atoms with Crippen molar-refractivity contribution < 1.29 is 19.1 Å². The van der Waals surface area contributed by atoms with E-state index in [0.717, 1.165) is 78.3 Å². The van der Waals surface area contributed by atoms with Crippen molar-refractivity contribution in [1.82, 2.24) is 14.4 Å². The molecule has 0 N–H and O–H groups in total. The smallest absolute Gasteiger partial charge is 0.270 e. The molecule has 194 valence electrons. The van der Waals surface area contributed by atoms with Gasteiger partial charge in [0, 0.05) is 54.6 Å². The number of aromatic nitrogens is 1. The number of hydrogen-bond donors (Lipinski definition) is 0. The van der Waals surface area contributed by atoms with Crippen LogP contribution < -0.4 is 9.47 Å². The zero-order valence-corrected chi connectivity index (χ0v) is 22.3. The second-order valence-electron chi connectivity index (χ2n) is 10.1. The van der Waals surface area contributed by atoms with Gasteiger partial charge in [0.15, 0.2) is 11.5 Å². The highest BCUT2D eigenvalue weighted by Crippen LogP contribution is 2.45. The molecule has 0 bridgehead atoms. The van der Waals surface area contributed by atoms with Crippen LogP contribution in [-0.2, 0) is 17.8 Å². The number of nitrogens with zero attached hydrogens (tertiary/aromatic N) is 3. The molecule has 7 nitrogen and oxygen atoms in total. The average Bonchev–Trinajstić information content (AvgIpc) is 3.48. The summed E-state index contributed by atoms with van der Waals surface area (Å²) < 4.78 is 13.4. The lowest BCUT2D eigenvalue weighted by Gasteiger charge is -2.31. The van der Waals surface area contributed by atoms with E-state index in [-0.39, 0.29) is 17.7 Å². The summed E-state index contributed by atoms with van der Waals surface area (Å²) in [5.74, 6) is 1.93. The number of amides is 2. The predicted octanol–water partition coefficient (Wildman–Crippen LogP) is 4.93. The highest BCUT2D eigenvalue weighted by atomic mass is 32.1. The summed E-state index contributed by atoms with van der Waals surface area (Å²) in [7, 11) is 3.31. The van der Waals surface area contributed by atoms with Crippen molar-refractivity contribution in [2.24, 2.45) is 5.92 Å². The first-order chi connectivity index (χ1) is 18.1. The number of benzene rings is 1. The van der Waals surface area contributed by atoms with Crippen molar-refractivity contribution in [2.75, 3.05) is 40.4 Å². The molecule has 1 aliphatic carbocycles. The van der Waals surface area contributed by atoms with Crippen LogP contribution in [0.25, 0.3) is 21.7 Å². The molecular formula is C29H33N3O4S. The third-order valence-corrected chi connectivity index (χ3v) is 9.02. The zero-order valence-electron chi connectivity index (χ0n) is 21.5. The van der Waals surface area contributed by atoms with Crippen molar-refractivity contribution in [3.63, 3.8) is 0 Å². The molecule has 6 rings (SSSR count). The van der Waals surface area contributed by atoms with Crippen LogP contribution in [0.15, 0.2) is 35.7 Å². The van der Waals surface area contributed by atoms with E-state index in [9.17, 15) is 9.59 Å². The quantitative estimate of drug-likeness (QED) is 0.480. The summed E-state index contributed by atoms with van der Waals surface area (Å²) in [6, 6.07) is 10.3. The minimum atomic E-state index is 0.0472. The normalized spacial score (nSPS) is 17.5.